The number of carbonyl (C=O) groups is 4. The molecule has 0 radical (unpaired) electrons. The number of carbonyl (C=O) groups excluding carboxylic acids is 4. The molecule has 0 aliphatic heterocycles. The standard InChI is InChI=1S/C28H50O8/c1-24(2,3)20(29)13-33-17-28(36-16-23(32)27(10,11)12,18-34-14-21(30)25(4,5)6)19-35-15-22(31)26(7,8)9/h13-19H2,1-12H3. The van der Waals surface area contributed by atoms with Crippen molar-refractivity contribution in [2.75, 3.05) is 46.2 Å². The molecule has 0 rings (SSSR count). The summed E-state index contributed by atoms with van der Waals surface area (Å²) < 4.78 is 23.3. The Kier molecular flexibility index (Phi) is 12.8. The fourth-order valence-electron chi connectivity index (χ4n) is 2.32. The highest BCUT2D eigenvalue weighted by Crippen LogP contribution is 2.22. The van der Waals surface area contributed by atoms with Gasteiger partial charge in [-0.25, -0.2) is 0 Å². The summed E-state index contributed by atoms with van der Waals surface area (Å²) in [7, 11) is 0. The van der Waals surface area contributed by atoms with Crippen molar-refractivity contribution in [1.29, 1.82) is 0 Å². The summed E-state index contributed by atoms with van der Waals surface area (Å²) in [6, 6.07) is 0. The number of ketones is 4. The van der Waals surface area contributed by atoms with Crippen LogP contribution in [0.1, 0.15) is 83.1 Å². The highest BCUT2D eigenvalue weighted by molar-refractivity contribution is 5.86. The van der Waals surface area contributed by atoms with Crippen LogP contribution in [0.4, 0.5) is 0 Å². The van der Waals surface area contributed by atoms with Crippen LogP contribution >= 0.6 is 0 Å². The van der Waals surface area contributed by atoms with E-state index >= 15 is 0 Å². The molecule has 0 fully saturated rings. The average Bonchev–Trinajstić information content (AvgIpc) is 2.68. The number of rotatable bonds is 15. The lowest BCUT2D eigenvalue weighted by Crippen LogP contribution is -2.50. The largest absolute Gasteiger partial charge is 0.370 e. The first-order valence-corrected chi connectivity index (χ1v) is 12.5. The molecule has 0 aliphatic carbocycles. The Morgan fingerprint density at radius 1 is 0.417 bits per heavy atom. The van der Waals surface area contributed by atoms with Crippen LogP contribution in [0, 0.1) is 21.7 Å². The predicted octanol–water partition coefficient (Wildman–Crippen LogP) is 4.25. The van der Waals surface area contributed by atoms with Crippen molar-refractivity contribution < 1.29 is 38.1 Å². The second-order valence-electron chi connectivity index (χ2n) is 13.6. The van der Waals surface area contributed by atoms with Crippen LogP contribution < -0.4 is 0 Å². The van der Waals surface area contributed by atoms with Crippen molar-refractivity contribution in [3.05, 3.63) is 0 Å². The Bertz CT molecular complexity index is 676. The van der Waals surface area contributed by atoms with E-state index in [1.807, 2.05) is 0 Å². The second-order valence-corrected chi connectivity index (χ2v) is 13.6. The zero-order valence-corrected chi connectivity index (χ0v) is 24.7. The molecule has 0 unspecified atom stereocenters. The molecule has 36 heavy (non-hydrogen) atoms. The fourth-order valence-corrected chi connectivity index (χ4v) is 2.32. The summed E-state index contributed by atoms with van der Waals surface area (Å²) in [6.07, 6.45) is 0. The van der Waals surface area contributed by atoms with Gasteiger partial charge < -0.3 is 18.9 Å². The monoisotopic (exact) mass is 514 g/mol. The molecule has 8 nitrogen and oxygen atoms in total. The van der Waals surface area contributed by atoms with E-state index in [1.165, 1.54) is 0 Å². The molecule has 8 heteroatoms. The normalized spacial score (nSPS) is 13.6. The third-order valence-electron chi connectivity index (χ3n) is 5.65. The van der Waals surface area contributed by atoms with Crippen LogP contribution in [0.5, 0.6) is 0 Å². The van der Waals surface area contributed by atoms with Crippen molar-refractivity contribution in [1.82, 2.24) is 0 Å². The van der Waals surface area contributed by atoms with Gasteiger partial charge in [0.2, 0.25) is 0 Å². The minimum absolute atomic E-state index is 0.102. The fraction of sp³-hybridized carbons (Fsp3) is 0.857. The first-order chi connectivity index (χ1) is 16.0. The van der Waals surface area contributed by atoms with E-state index in [9.17, 15) is 19.2 Å². The van der Waals surface area contributed by atoms with E-state index in [-0.39, 0.29) is 69.4 Å². The van der Waals surface area contributed by atoms with E-state index in [0.717, 1.165) is 0 Å². The van der Waals surface area contributed by atoms with Crippen molar-refractivity contribution in [2.24, 2.45) is 21.7 Å². The minimum Gasteiger partial charge on any atom is -0.370 e. The van der Waals surface area contributed by atoms with Crippen molar-refractivity contribution in [3.63, 3.8) is 0 Å². The molecule has 0 heterocycles. The van der Waals surface area contributed by atoms with Gasteiger partial charge in [0.1, 0.15) is 32.0 Å². The molecule has 0 aliphatic rings. The molecule has 0 spiro atoms. The first-order valence-electron chi connectivity index (χ1n) is 12.5. The first kappa shape index (κ1) is 34.5. The Labute approximate surface area is 218 Å². The van der Waals surface area contributed by atoms with E-state index < -0.39 is 27.3 Å². The molecule has 0 aromatic carbocycles. The topological polar surface area (TPSA) is 105 Å². The molecule has 0 bridgehead atoms. The number of hydrogen-bond donors (Lipinski definition) is 0. The van der Waals surface area contributed by atoms with Crippen molar-refractivity contribution in [3.8, 4) is 0 Å². The summed E-state index contributed by atoms with van der Waals surface area (Å²) in [5.41, 5.74) is -3.71. The lowest BCUT2D eigenvalue weighted by molar-refractivity contribution is -0.179. The lowest BCUT2D eigenvalue weighted by atomic mass is 9.91. The van der Waals surface area contributed by atoms with Crippen molar-refractivity contribution in [2.45, 2.75) is 88.7 Å². The highest BCUT2D eigenvalue weighted by atomic mass is 16.6. The molecule has 0 N–H and O–H groups in total. The Morgan fingerprint density at radius 3 is 0.861 bits per heavy atom. The van der Waals surface area contributed by atoms with Gasteiger partial charge in [0.05, 0.1) is 19.8 Å². The van der Waals surface area contributed by atoms with Crippen LogP contribution in [0.2, 0.25) is 0 Å². The smallest absolute Gasteiger partial charge is 0.163 e. The number of ether oxygens (including phenoxy) is 4. The van der Waals surface area contributed by atoms with Gasteiger partial charge in [0.15, 0.2) is 23.1 Å². The predicted molar refractivity (Wildman–Crippen MR) is 139 cm³/mol. The number of Topliss-reactive ketones (excluding diaryl/α,β-unsaturated/α-hetero) is 4. The molecule has 0 atom stereocenters. The second kappa shape index (κ2) is 13.4. The summed E-state index contributed by atoms with van der Waals surface area (Å²) in [4.78, 5) is 49.9. The zero-order chi connectivity index (χ0) is 28.6. The minimum atomic E-state index is -1.31. The molecule has 0 amide bonds. The van der Waals surface area contributed by atoms with E-state index in [2.05, 4.69) is 0 Å². The van der Waals surface area contributed by atoms with E-state index in [0.29, 0.717) is 0 Å². The maximum Gasteiger partial charge on any atom is 0.163 e. The summed E-state index contributed by atoms with van der Waals surface area (Å²) in [6.45, 7) is 20.4. The van der Waals surface area contributed by atoms with Crippen LogP contribution in [0.3, 0.4) is 0 Å². The third kappa shape index (κ3) is 13.2. The summed E-state index contributed by atoms with van der Waals surface area (Å²) >= 11 is 0. The van der Waals surface area contributed by atoms with Gasteiger partial charge in [0, 0.05) is 21.7 Å². The lowest BCUT2D eigenvalue weighted by Gasteiger charge is -2.34. The molecule has 0 aromatic rings. The quantitative estimate of drug-likeness (QED) is 0.319. The summed E-state index contributed by atoms with van der Waals surface area (Å²) in [5.74, 6) is -0.450. The third-order valence-corrected chi connectivity index (χ3v) is 5.65. The van der Waals surface area contributed by atoms with Crippen LogP contribution in [-0.4, -0.2) is 75.0 Å². The zero-order valence-electron chi connectivity index (χ0n) is 24.7. The average molecular weight is 515 g/mol. The van der Waals surface area contributed by atoms with Gasteiger partial charge >= 0.3 is 0 Å². The maximum absolute atomic E-state index is 12.6. The van der Waals surface area contributed by atoms with Gasteiger partial charge in [-0.1, -0.05) is 83.1 Å². The van der Waals surface area contributed by atoms with Gasteiger partial charge in [-0.05, 0) is 0 Å². The van der Waals surface area contributed by atoms with Crippen LogP contribution in [-0.2, 0) is 38.1 Å². The highest BCUT2D eigenvalue weighted by Gasteiger charge is 2.37. The Morgan fingerprint density at radius 2 is 0.639 bits per heavy atom. The van der Waals surface area contributed by atoms with Gasteiger partial charge in [-0.15, -0.1) is 0 Å². The number of hydrogen-bond acceptors (Lipinski definition) is 8. The molecule has 210 valence electrons. The summed E-state index contributed by atoms with van der Waals surface area (Å²) in [5, 5.41) is 0. The van der Waals surface area contributed by atoms with Crippen molar-refractivity contribution >= 4 is 23.1 Å². The van der Waals surface area contributed by atoms with Gasteiger partial charge in [-0.2, -0.15) is 0 Å². The Balaban J connectivity index is 5.78. The molecule has 0 aromatic heterocycles. The van der Waals surface area contributed by atoms with Gasteiger partial charge in [0.25, 0.3) is 0 Å². The molecular formula is C28H50O8. The SMILES string of the molecule is CC(C)(C)C(=O)COCC(COCC(=O)C(C)(C)C)(COCC(=O)C(C)(C)C)OCC(=O)C(C)(C)C. The Hall–Kier alpha value is -1.48. The van der Waals surface area contributed by atoms with E-state index in [4.69, 9.17) is 18.9 Å². The van der Waals surface area contributed by atoms with Crippen LogP contribution in [0.15, 0.2) is 0 Å². The van der Waals surface area contributed by atoms with Crippen LogP contribution in [0.25, 0.3) is 0 Å². The molecule has 0 saturated carbocycles. The van der Waals surface area contributed by atoms with Gasteiger partial charge in [-0.3, -0.25) is 19.2 Å². The molecular weight excluding hydrogens is 464 g/mol. The maximum atomic E-state index is 12.6. The molecule has 0 saturated heterocycles. The van der Waals surface area contributed by atoms with E-state index in [1.54, 1.807) is 83.1 Å².